The molecule has 230 valence electrons. The number of aryl methyl sites for hydroxylation is 1. The van der Waals surface area contributed by atoms with Crippen LogP contribution in [0.25, 0.3) is 0 Å². The maximum Gasteiger partial charge on any atom is 0.410 e. The molecule has 2 aromatic carbocycles. The molecule has 10 nitrogen and oxygen atoms in total. The van der Waals surface area contributed by atoms with Gasteiger partial charge in [0.15, 0.2) is 0 Å². The summed E-state index contributed by atoms with van der Waals surface area (Å²) >= 11 is 0. The molecule has 1 aromatic heterocycles. The summed E-state index contributed by atoms with van der Waals surface area (Å²) in [6.07, 6.45) is -0.0691. The SMILES string of the molecule is COc1ccc(CN(Cc2ccc(C)cc2)c2nccc(NC3CN(C(=O)OC(C)(C)C)CC(F)(F)C3)c2[N+](=O)[O-])cc1. The summed E-state index contributed by atoms with van der Waals surface area (Å²) < 4.78 is 40.1. The minimum absolute atomic E-state index is 0.0328. The van der Waals surface area contributed by atoms with Crippen LogP contribution in [0.3, 0.4) is 0 Å². The van der Waals surface area contributed by atoms with Crippen molar-refractivity contribution in [2.75, 3.05) is 30.4 Å². The van der Waals surface area contributed by atoms with Crippen molar-refractivity contribution in [1.82, 2.24) is 9.88 Å². The first-order chi connectivity index (χ1) is 20.2. The minimum Gasteiger partial charge on any atom is -0.497 e. The van der Waals surface area contributed by atoms with E-state index in [1.165, 1.54) is 12.3 Å². The molecule has 0 bridgehead atoms. The van der Waals surface area contributed by atoms with E-state index in [9.17, 15) is 23.7 Å². The number of methoxy groups -OCH3 is 1. The lowest BCUT2D eigenvalue weighted by Crippen LogP contribution is -2.54. The van der Waals surface area contributed by atoms with Crippen molar-refractivity contribution in [2.24, 2.45) is 0 Å². The summed E-state index contributed by atoms with van der Waals surface area (Å²) in [6.45, 7) is 6.60. The first kappa shape index (κ1) is 31.5. The molecule has 4 rings (SSSR count). The number of hydrogen-bond donors (Lipinski definition) is 1. The van der Waals surface area contributed by atoms with Crippen molar-refractivity contribution in [3.8, 4) is 5.75 Å². The molecule has 43 heavy (non-hydrogen) atoms. The fourth-order valence-corrected chi connectivity index (χ4v) is 4.92. The molecule has 2 heterocycles. The van der Waals surface area contributed by atoms with Gasteiger partial charge in [-0.1, -0.05) is 42.0 Å². The minimum atomic E-state index is -3.22. The van der Waals surface area contributed by atoms with E-state index < -0.39 is 41.5 Å². The van der Waals surface area contributed by atoms with Crippen LogP contribution in [-0.2, 0) is 17.8 Å². The number of piperidine rings is 1. The number of amides is 1. The molecule has 1 N–H and O–H groups in total. The average Bonchev–Trinajstić information content (AvgIpc) is 2.92. The standard InChI is InChI=1S/C31H37F2N5O5/c1-21-6-8-22(9-7-21)17-36(18-23-10-12-25(42-5)13-11-23)28-27(38(40)41)26(14-15-34-28)35-24-16-31(32,33)20-37(19-24)29(39)43-30(2,3)4/h6-15,24H,16-20H2,1-5H3,(H,34,35). The van der Waals surface area contributed by atoms with Crippen molar-refractivity contribution in [3.05, 3.63) is 87.6 Å². The highest BCUT2D eigenvalue weighted by atomic mass is 19.3. The van der Waals surface area contributed by atoms with E-state index in [0.29, 0.717) is 12.3 Å². The van der Waals surface area contributed by atoms with Crippen LogP contribution < -0.4 is 15.0 Å². The van der Waals surface area contributed by atoms with Crippen LogP contribution in [0.5, 0.6) is 5.75 Å². The Morgan fingerprint density at radius 1 is 1.12 bits per heavy atom. The molecular formula is C31H37F2N5O5. The maximum atomic E-state index is 14.8. The molecule has 1 aliphatic heterocycles. The second-order valence-corrected chi connectivity index (χ2v) is 11.7. The Hall–Kier alpha value is -4.48. The van der Waals surface area contributed by atoms with Gasteiger partial charge in [-0.05, 0) is 57.0 Å². The second kappa shape index (κ2) is 12.8. The van der Waals surface area contributed by atoms with Crippen LogP contribution in [0.4, 0.5) is 30.8 Å². The molecule has 1 atom stereocenters. The number of ether oxygens (including phenoxy) is 2. The lowest BCUT2D eigenvalue weighted by Gasteiger charge is -2.38. The summed E-state index contributed by atoms with van der Waals surface area (Å²) in [5, 5.41) is 15.5. The fraction of sp³-hybridized carbons (Fsp3) is 0.419. The highest BCUT2D eigenvalue weighted by molar-refractivity contribution is 5.74. The molecule has 3 aromatic rings. The Bertz CT molecular complexity index is 1430. The molecule has 1 aliphatic rings. The van der Waals surface area contributed by atoms with E-state index in [0.717, 1.165) is 21.6 Å². The molecule has 1 saturated heterocycles. The third-order valence-corrected chi connectivity index (χ3v) is 6.83. The Kier molecular flexibility index (Phi) is 9.37. The van der Waals surface area contributed by atoms with Crippen molar-refractivity contribution in [3.63, 3.8) is 0 Å². The van der Waals surface area contributed by atoms with Gasteiger partial charge in [0.2, 0.25) is 5.82 Å². The number of nitrogens with zero attached hydrogens (tertiary/aromatic N) is 4. The predicted molar refractivity (Wildman–Crippen MR) is 160 cm³/mol. The number of pyridine rings is 1. The molecule has 1 fully saturated rings. The van der Waals surface area contributed by atoms with Crippen molar-refractivity contribution >= 4 is 23.3 Å². The molecule has 12 heteroatoms. The lowest BCUT2D eigenvalue weighted by molar-refractivity contribution is -0.383. The van der Waals surface area contributed by atoms with Crippen LogP contribution >= 0.6 is 0 Å². The van der Waals surface area contributed by atoms with E-state index in [1.807, 2.05) is 43.3 Å². The molecule has 1 unspecified atom stereocenters. The van der Waals surface area contributed by atoms with Gasteiger partial charge < -0.3 is 24.6 Å². The van der Waals surface area contributed by atoms with E-state index in [4.69, 9.17) is 9.47 Å². The van der Waals surface area contributed by atoms with Gasteiger partial charge in [0.25, 0.3) is 5.92 Å². The number of alkyl halides is 2. The number of halogens is 2. The number of benzene rings is 2. The van der Waals surface area contributed by atoms with Gasteiger partial charge in [-0.3, -0.25) is 10.1 Å². The van der Waals surface area contributed by atoms with Gasteiger partial charge in [-0.2, -0.15) is 0 Å². The Morgan fingerprint density at radius 2 is 1.72 bits per heavy atom. The zero-order valence-electron chi connectivity index (χ0n) is 25.0. The highest BCUT2D eigenvalue weighted by Crippen LogP contribution is 2.37. The van der Waals surface area contributed by atoms with Crippen LogP contribution in [-0.4, -0.2) is 58.7 Å². The zero-order valence-corrected chi connectivity index (χ0v) is 25.0. The first-order valence-corrected chi connectivity index (χ1v) is 13.9. The summed E-state index contributed by atoms with van der Waals surface area (Å²) in [7, 11) is 1.57. The van der Waals surface area contributed by atoms with E-state index in [1.54, 1.807) is 44.9 Å². The largest absolute Gasteiger partial charge is 0.497 e. The van der Waals surface area contributed by atoms with Crippen molar-refractivity contribution in [2.45, 2.75) is 64.8 Å². The van der Waals surface area contributed by atoms with Gasteiger partial charge in [-0.25, -0.2) is 18.6 Å². The smallest absolute Gasteiger partial charge is 0.410 e. The van der Waals surface area contributed by atoms with Crippen LogP contribution in [0.1, 0.15) is 43.9 Å². The number of nitro groups is 1. The Labute approximate surface area is 249 Å². The van der Waals surface area contributed by atoms with Gasteiger partial charge >= 0.3 is 11.8 Å². The molecule has 0 aliphatic carbocycles. The number of hydrogen-bond acceptors (Lipinski definition) is 8. The number of nitrogens with one attached hydrogen (secondary N) is 1. The maximum absolute atomic E-state index is 14.8. The van der Waals surface area contributed by atoms with Gasteiger partial charge in [-0.15, -0.1) is 0 Å². The van der Waals surface area contributed by atoms with E-state index in [-0.39, 0.29) is 30.3 Å². The molecule has 1 amide bonds. The van der Waals surface area contributed by atoms with Crippen LogP contribution in [0, 0.1) is 17.0 Å². The zero-order chi connectivity index (χ0) is 31.4. The van der Waals surface area contributed by atoms with E-state index in [2.05, 4.69) is 10.3 Å². The summed E-state index contributed by atoms with van der Waals surface area (Å²) in [4.78, 5) is 31.7. The number of carbonyl (C=O) groups is 1. The number of anilines is 2. The fourth-order valence-electron chi connectivity index (χ4n) is 4.92. The van der Waals surface area contributed by atoms with Crippen LogP contribution in [0.15, 0.2) is 60.8 Å². The number of rotatable bonds is 9. The monoisotopic (exact) mass is 597 g/mol. The number of aromatic nitrogens is 1. The third kappa shape index (κ3) is 8.52. The lowest BCUT2D eigenvalue weighted by atomic mass is 10.0. The summed E-state index contributed by atoms with van der Waals surface area (Å²) in [6, 6.07) is 15.6. The number of carbonyl (C=O) groups excluding carboxylic acids is 1. The average molecular weight is 598 g/mol. The van der Waals surface area contributed by atoms with Crippen LogP contribution in [0.2, 0.25) is 0 Å². The molecule has 0 spiro atoms. The van der Waals surface area contributed by atoms with Gasteiger partial charge in [0, 0.05) is 38.3 Å². The molecular weight excluding hydrogens is 560 g/mol. The Morgan fingerprint density at radius 3 is 2.28 bits per heavy atom. The second-order valence-electron chi connectivity index (χ2n) is 11.7. The van der Waals surface area contributed by atoms with Crippen molar-refractivity contribution in [1.29, 1.82) is 0 Å². The predicted octanol–water partition coefficient (Wildman–Crippen LogP) is 6.57. The molecule has 0 radical (unpaired) electrons. The first-order valence-electron chi connectivity index (χ1n) is 13.9. The van der Waals surface area contributed by atoms with Crippen molar-refractivity contribution < 1.29 is 28.0 Å². The van der Waals surface area contributed by atoms with Gasteiger partial charge in [0.05, 0.1) is 18.6 Å². The van der Waals surface area contributed by atoms with E-state index >= 15 is 0 Å². The molecule has 0 saturated carbocycles. The summed E-state index contributed by atoms with van der Waals surface area (Å²) in [5.74, 6) is -2.46. The Balaban J connectivity index is 1.67. The van der Waals surface area contributed by atoms with Gasteiger partial charge in [0.1, 0.15) is 17.0 Å². The number of likely N-dealkylation sites (tertiary alicyclic amines) is 1. The quantitative estimate of drug-likeness (QED) is 0.218. The topological polar surface area (TPSA) is 110 Å². The third-order valence-electron chi connectivity index (χ3n) is 6.83. The normalized spacial score (nSPS) is 16.3. The summed E-state index contributed by atoms with van der Waals surface area (Å²) in [5.41, 5.74) is 1.67. The highest BCUT2D eigenvalue weighted by Gasteiger charge is 2.44.